The van der Waals surface area contributed by atoms with E-state index in [1.54, 1.807) is 0 Å². The number of carbonyl (C=O) groups is 2. The van der Waals surface area contributed by atoms with E-state index >= 15 is 0 Å². The van der Waals surface area contributed by atoms with Crippen molar-refractivity contribution < 1.29 is 27.5 Å². The zero-order valence-corrected chi connectivity index (χ0v) is 11.3. The number of esters is 1. The van der Waals surface area contributed by atoms with Crippen molar-refractivity contribution in [1.82, 2.24) is 5.32 Å². The molecule has 0 bridgehead atoms. The molecular weight excluding hydrogens is 287 g/mol. The lowest BCUT2D eigenvalue weighted by molar-refractivity contribution is -0.138. The monoisotopic (exact) mass is 299 g/mol. The van der Waals surface area contributed by atoms with Crippen molar-refractivity contribution in [3.05, 3.63) is 34.9 Å². The molecule has 0 saturated carbocycles. The molecule has 1 rings (SSSR count). The number of benzene rings is 1. The van der Waals surface area contributed by atoms with Crippen LogP contribution in [0.25, 0.3) is 0 Å². The van der Waals surface area contributed by atoms with E-state index in [0.717, 1.165) is 19.2 Å². The highest BCUT2D eigenvalue weighted by Crippen LogP contribution is 2.32. The molecule has 4 nitrogen and oxygen atoms in total. The summed E-state index contributed by atoms with van der Waals surface area (Å²) in [4.78, 5) is 22.6. The number of rotatable bonds is 3. The summed E-state index contributed by atoms with van der Waals surface area (Å²) in [5, 5.41) is 2.40. The summed E-state index contributed by atoms with van der Waals surface area (Å²) in [5.74, 6) is 2.96. The first-order valence-electron chi connectivity index (χ1n) is 5.78. The van der Waals surface area contributed by atoms with E-state index in [-0.39, 0.29) is 6.54 Å². The van der Waals surface area contributed by atoms with Gasteiger partial charge in [0.05, 0.1) is 18.2 Å². The molecule has 21 heavy (non-hydrogen) atoms. The molecule has 112 valence electrons. The fourth-order valence-corrected chi connectivity index (χ4v) is 1.57. The average Bonchev–Trinajstić information content (AvgIpc) is 2.43. The van der Waals surface area contributed by atoms with Gasteiger partial charge in [0.25, 0.3) is 5.91 Å². The Balaban J connectivity index is 3.07. The summed E-state index contributed by atoms with van der Waals surface area (Å²) in [6, 6.07) is 2.99. The summed E-state index contributed by atoms with van der Waals surface area (Å²) >= 11 is 0. The lowest BCUT2D eigenvalue weighted by Gasteiger charge is -2.13. The molecule has 0 aliphatic rings. The van der Waals surface area contributed by atoms with Gasteiger partial charge in [0.15, 0.2) is 0 Å². The zero-order valence-electron chi connectivity index (χ0n) is 11.3. The normalized spacial score (nSPS) is 10.3. The molecule has 1 amide bonds. The fraction of sp³-hybridized carbons (Fsp3) is 0.286. The van der Waals surface area contributed by atoms with Gasteiger partial charge in [-0.05, 0) is 30.5 Å². The lowest BCUT2D eigenvalue weighted by atomic mass is 10.0. The molecule has 0 spiro atoms. The number of ether oxygens (including phenoxy) is 1. The Morgan fingerprint density at radius 3 is 2.52 bits per heavy atom. The van der Waals surface area contributed by atoms with Gasteiger partial charge >= 0.3 is 12.1 Å². The van der Waals surface area contributed by atoms with E-state index in [1.807, 2.05) is 0 Å². The SMILES string of the molecule is CC#CC(=O)NCc1ccc(C(F)(F)F)c(C(=O)OC)c1. The molecule has 0 saturated heterocycles. The molecule has 0 radical (unpaired) electrons. The van der Waals surface area contributed by atoms with Crippen molar-refractivity contribution in [2.75, 3.05) is 7.11 Å². The second-order valence-electron chi connectivity index (χ2n) is 3.93. The quantitative estimate of drug-likeness (QED) is 0.687. The standard InChI is InChI=1S/C14H12F3NO3/c1-3-4-12(19)18-8-9-5-6-11(14(15,16)17)10(7-9)13(20)21-2/h5-7H,8H2,1-2H3,(H,18,19). The van der Waals surface area contributed by atoms with E-state index in [9.17, 15) is 22.8 Å². The Bertz CT molecular complexity index is 612. The molecule has 1 N–H and O–H groups in total. The Hall–Kier alpha value is -2.49. The Morgan fingerprint density at radius 2 is 2.00 bits per heavy atom. The van der Waals surface area contributed by atoms with Crippen LogP contribution in [0.15, 0.2) is 18.2 Å². The molecule has 0 aliphatic heterocycles. The second kappa shape index (κ2) is 6.79. The smallest absolute Gasteiger partial charge is 0.417 e. The second-order valence-corrected chi connectivity index (χ2v) is 3.93. The van der Waals surface area contributed by atoms with Gasteiger partial charge in [-0.25, -0.2) is 4.79 Å². The number of amides is 1. The Morgan fingerprint density at radius 1 is 1.33 bits per heavy atom. The lowest BCUT2D eigenvalue weighted by Crippen LogP contribution is -2.21. The number of hydrogen-bond acceptors (Lipinski definition) is 3. The molecule has 7 heteroatoms. The van der Waals surface area contributed by atoms with Gasteiger partial charge in [0.2, 0.25) is 0 Å². The summed E-state index contributed by atoms with van der Waals surface area (Å²) < 4.78 is 42.7. The van der Waals surface area contributed by atoms with Crippen LogP contribution in [0, 0.1) is 11.8 Å². The minimum atomic E-state index is -4.67. The molecule has 0 aromatic heterocycles. The number of halogens is 3. The van der Waals surface area contributed by atoms with E-state index in [0.29, 0.717) is 5.56 Å². The maximum Gasteiger partial charge on any atom is 0.417 e. The zero-order chi connectivity index (χ0) is 16.0. The molecule has 0 aliphatic carbocycles. The van der Waals surface area contributed by atoms with Gasteiger partial charge in [0.1, 0.15) is 0 Å². The third-order valence-corrected chi connectivity index (χ3v) is 2.49. The first-order valence-corrected chi connectivity index (χ1v) is 5.78. The maximum absolute atomic E-state index is 12.8. The van der Waals surface area contributed by atoms with Crippen LogP contribution in [0.1, 0.15) is 28.4 Å². The van der Waals surface area contributed by atoms with Crippen LogP contribution in [0.3, 0.4) is 0 Å². The van der Waals surface area contributed by atoms with Crippen molar-refractivity contribution in [1.29, 1.82) is 0 Å². The van der Waals surface area contributed by atoms with Crippen LogP contribution in [0.4, 0.5) is 13.2 Å². The minimum Gasteiger partial charge on any atom is -0.465 e. The summed E-state index contributed by atoms with van der Waals surface area (Å²) in [5.41, 5.74) is -1.36. The number of hydrogen-bond donors (Lipinski definition) is 1. The topological polar surface area (TPSA) is 55.4 Å². The third-order valence-electron chi connectivity index (χ3n) is 2.49. The van der Waals surface area contributed by atoms with Crippen LogP contribution in [0.2, 0.25) is 0 Å². The minimum absolute atomic E-state index is 0.0460. The summed E-state index contributed by atoms with van der Waals surface area (Å²) in [7, 11) is 0.994. The van der Waals surface area contributed by atoms with Crippen LogP contribution in [-0.2, 0) is 22.3 Å². The molecule has 0 heterocycles. The van der Waals surface area contributed by atoms with Crippen LogP contribution >= 0.6 is 0 Å². The number of alkyl halides is 3. The molecule has 0 unspecified atom stereocenters. The van der Waals surface area contributed by atoms with E-state index in [4.69, 9.17) is 0 Å². The highest BCUT2D eigenvalue weighted by atomic mass is 19.4. The van der Waals surface area contributed by atoms with Crippen molar-refractivity contribution in [2.45, 2.75) is 19.6 Å². The van der Waals surface area contributed by atoms with Crippen LogP contribution in [0.5, 0.6) is 0 Å². The average molecular weight is 299 g/mol. The molecular formula is C14H12F3NO3. The highest BCUT2D eigenvalue weighted by molar-refractivity contribution is 5.93. The Labute approximate surface area is 119 Å². The Kier molecular flexibility index (Phi) is 5.36. The molecule has 1 aromatic carbocycles. The predicted molar refractivity (Wildman–Crippen MR) is 68.1 cm³/mol. The third kappa shape index (κ3) is 4.53. The number of carbonyl (C=O) groups excluding carboxylic acids is 2. The van der Waals surface area contributed by atoms with Gasteiger partial charge in [-0.3, -0.25) is 4.79 Å². The molecule has 1 aromatic rings. The summed E-state index contributed by atoms with van der Waals surface area (Å²) in [6.45, 7) is 1.43. The van der Waals surface area contributed by atoms with E-state index in [1.165, 1.54) is 13.0 Å². The fourth-order valence-electron chi connectivity index (χ4n) is 1.57. The van der Waals surface area contributed by atoms with Crippen molar-refractivity contribution >= 4 is 11.9 Å². The molecule has 0 fully saturated rings. The van der Waals surface area contributed by atoms with Gasteiger partial charge in [-0.2, -0.15) is 13.2 Å². The van der Waals surface area contributed by atoms with Gasteiger partial charge in [-0.15, -0.1) is 0 Å². The number of nitrogens with one attached hydrogen (secondary N) is 1. The first kappa shape index (κ1) is 16.6. The van der Waals surface area contributed by atoms with E-state index < -0.39 is 29.2 Å². The first-order chi connectivity index (χ1) is 9.79. The largest absolute Gasteiger partial charge is 0.465 e. The van der Waals surface area contributed by atoms with Crippen molar-refractivity contribution in [2.24, 2.45) is 0 Å². The highest BCUT2D eigenvalue weighted by Gasteiger charge is 2.35. The summed E-state index contributed by atoms with van der Waals surface area (Å²) in [6.07, 6.45) is -4.67. The maximum atomic E-state index is 12.8. The van der Waals surface area contributed by atoms with E-state index in [2.05, 4.69) is 21.9 Å². The number of methoxy groups -OCH3 is 1. The molecule has 0 atom stereocenters. The van der Waals surface area contributed by atoms with Crippen LogP contribution < -0.4 is 5.32 Å². The van der Waals surface area contributed by atoms with Gasteiger partial charge in [0, 0.05) is 6.54 Å². The predicted octanol–water partition coefficient (Wildman–Crippen LogP) is 2.13. The van der Waals surface area contributed by atoms with Crippen LogP contribution in [-0.4, -0.2) is 19.0 Å². The van der Waals surface area contributed by atoms with Crippen molar-refractivity contribution in [3.63, 3.8) is 0 Å². The van der Waals surface area contributed by atoms with Gasteiger partial charge < -0.3 is 10.1 Å². The van der Waals surface area contributed by atoms with Gasteiger partial charge in [-0.1, -0.05) is 12.0 Å². The van der Waals surface area contributed by atoms with Crippen molar-refractivity contribution in [3.8, 4) is 11.8 Å².